The van der Waals surface area contributed by atoms with E-state index in [1.165, 1.54) is 11.3 Å². The highest BCUT2D eigenvalue weighted by Gasteiger charge is 2.22. The number of rotatable bonds is 6. The van der Waals surface area contributed by atoms with Gasteiger partial charge in [0.15, 0.2) is 6.61 Å². The Morgan fingerprint density at radius 1 is 1.24 bits per heavy atom. The number of carboxylic acid groups (broad SMARTS) is 1. The van der Waals surface area contributed by atoms with Crippen molar-refractivity contribution in [3.8, 4) is 5.75 Å². The maximum Gasteiger partial charge on any atom is 0.341 e. The van der Waals surface area contributed by atoms with Gasteiger partial charge in [0, 0.05) is 24.4 Å². The van der Waals surface area contributed by atoms with Crippen LogP contribution >= 0.6 is 11.3 Å². The van der Waals surface area contributed by atoms with Crippen LogP contribution in [0, 0.1) is 0 Å². The monoisotopic (exact) mass is 362 g/mol. The molecular weight excluding hydrogens is 340 g/mol. The van der Waals surface area contributed by atoms with E-state index in [9.17, 15) is 9.59 Å². The van der Waals surface area contributed by atoms with Crippen LogP contribution in [0.25, 0.3) is 0 Å². The zero-order valence-electron chi connectivity index (χ0n) is 14.8. The smallest absolute Gasteiger partial charge is 0.341 e. The van der Waals surface area contributed by atoms with E-state index in [1.54, 1.807) is 29.5 Å². The van der Waals surface area contributed by atoms with Gasteiger partial charge in [0.1, 0.15) is 11.4 Å². The first-order valence-corrected chi connectivity index (χ1v) is 8.70. The molecule has 0 fully saturated rings. The first-order valence-electron chi connectivity index (χ1n) is 7.82. The Balaban J connectivity index is 1.99. The summed E-state index contributed by atoms with van der Waals surface area (Å²) in [5.74, 6) is -0.667. The Morgan fingerprint density at radius 2 is 1.88 bits per heavy atom. The molecule has 6 nitrogen and oxygen atoms in total. The summed E-state index contributed by atoms with van der Waals surface area (Å²) >= 11 is 1.50. The van der Waals surface area contributed by atoms with Crippen LogP contribution in [0.1, 0.15) is 41.8 Å². The van der Waals surface area contributed by atoms with Gasteiger partial charge in [0.2, 0.25) is 0 Å². The van der Waals surface area contributed by atoms with Crippen molar-refractivity contribution in [3.05, 3.63) is 45.9 Å². The SMILES string of the molecule is CN(Cc1ccc(OCC(=O)O)cc1)C(=O)c1csc(C(C)(C)C)n1. The molecule has 2 rings (SSSR count). The molecule has 0 aliphatic carbocycles. The van der Waals surface area contributed by atoms with E-state index in [0.29, 0.717) is 18.0 Å². The summed E-state index contributed by atoms with van der Waals surface area (Å²) < 4.78 is 5.09. The number of thiazole rings is 1. The van der Waals surface area contributed by atoms with E-state index < -0.39 is 5.97 Å². The number of hydrogen-bond donors (Lipinski definition) is 1. The molecular formula is C18H22N2O4S. The van der Waals surface area contributed by atoms with Gasteiger partial charge in [-0.15, -0.1) is 11.3 Å². The maximum absolute atomic E-state index is 12.5. The van der Waals surface area contributed by atoms with Crippen molar-refractivity contribution < 1.29 is 19.4 Å². The fourth-order valence-corrected chi connectivity index (χ4v) is 2.98. The maximum atomic E-state index is 12.5. The second-order valence-corrected chi connectivity index (χ2v) is 7.63. The molecule has 0 bridgehead atoms. The van der Waals surface area contributed by atoms with Gasteiger partial charge in [-0.05, 0) is 17.7 Å². The minimum atomic E-state index is -1.02. The summed E-state index contributed by atoms with van der Waals surface area (Å²) in [6.07, 6.45) is 0. The van der Waals surface area contributed by atoms with Gasteiger partial charge in [-0.25, -0.2) is 9.78 Å². The molecule has 0 unspecified atom stereocenters. The average molecular weight is 362 g/mol. The Labute approximate surface area is 151 Å². The molecule has 0 aliphatic heterocycles. The van der Waals surface area contributed by atoms with E-state index in [0.717, 1.165) is 10.6 Å². The summed E-state index contributed by atoms with van der Waals surface area (Å²) in [7, 11) is 1.73. The third-order valence-electron chi connectivity index (χ3n) is 3.42. The van der Waals surface area contributed by atoms with Crippen molar-refractivity contribution in [1.29, 1.82) is 0 Å². The number of aliphatic carboxylic acids is 1. The number of benzene rings is 1. The third kappa shape index (κ3) is 5.29. The van der Waals surface area contributed by atoms with Gasteiger partial charge in [-0.3, -0.25) is 4.79 Å². The molecule has 25 heavy (non-hydrogen) atoms. The number of carbonyl (C=O) groups excluding carboxylic acids is 1. The quantitative estimate of drug-likeness (QED) is 0.854. The predicted molar refractivity (Wildman–Crippen MR) is 96.2 cm³/mol. The molecule has 1 amide bonds. The van der Waals surface area contributed by atoms with Crippen LogP contribution < -0.4 is 4.74 Å². The summed E-state index contributed by atoms with van der Waals surface area (Å²) in [5.41, 5.74) is 1.30. The number of carboxylic acids is 1. The molecule has 1 heterocycles. The van der Waals surface area contributed by atoms with Crippen LogP contribution in [-0.2, 0) is 16.8 Å². The molecule has 0 saturated heterocycles. The Morgan fingerprint density at radius 3 is 2.40 bits per heavy atom. The molecule has 0 saturated carbocycles. The minimum Gasteiger partial charge on any atom is -0.482 e. The third-order valence-corrected chi connectivity index (χ3v) is 4.69. The van der Waals surface area contributed by atoms with Crippen molar-refractivity contribution >= 4 is 23.2 Å². The Kier molecular flexibility index (Phi) is 5.79. The molecule has 1 aromatic heterocycles. The zero-order valence-corrected chi connectivity index (χ0v) is 15.6. The van der Waals surface area contributed by atoms with Crippen LogP contribution in [0.3, 0.4) is 0 Å². The van der Waals surface area contributed by atoms with Gasteiger partial charge in [-0.2, -0.15) is 0 Å². The fourth-order valence-electron chi connectivity index (χ4n) is 2.09. The second-order valence-electron chi connectivity index (χ2n) is 6.78. The fraction of sp³-hybridized carbons (Fsp3) is 0.389. The summed E-state index contributed by atoms with van der Waals surface area (Å²) in [5, 5.41) is 11.3. The van der Waals surface area contributed by atoms with Crippen LogP contribution in [0.15, 0.2) is 29.6 Å². The van der Waals surface area contributed by atoms with E-state index in [1.807, 2.05) is 12.1 Å². The topological polar surface area (TPSA) is 79.7 Å². The normalized spacial score (nSPS) is 11.2. The largest absolute Gasteiger partial charge is 0.482 e. The number of hydrogen-bond acceptors (Lipinski definition) is 5. The van der Waals surface area contributed by atoms with Crippen molar-refractivity contribution in [2.45, 2.75) is 32.7 Å². The number of ether oxygens (including phenoxy) is 1. The molecule has 0 atom stereocenters. The van der Waals surface area contributed by atoms with Crippen LogP contribution in [-0.4, -0.2) is 40.5 Å². The van der Waals surface area contributed by atoms with Crippen molar-refractivity contribution in [2.24, 2.45) is 0 Å². The van der Waals surface area contributed by atoms with Gasteiger partial charge >= 0.3 is 5.97 Å². The highest BCUT2D eigenvalue weighted by molar-refractivity contribution is 7.10. The van der Waals surface area contributed by atoms with Crippen LogP contribution in [0.4, 0.5) is 0 Å². The van der Waals surface area contributed by atoms with Crippen LogP contribution in [0.5, 0.6) is 5.75 Å². The lowest BCUT2D eigenvalue weighted by atomic mass is 9.98. The minimum absolute atomic E-state index is 0.0758. The highest BCUT2D eigenvalue weighted by Crippen LogP contribution is 2.26. The van der Waals surface area contributed by atoms with Gasteiger partial charge in [-0.1, -0.05) is 32.9 Å². The Hall–Kier alpha value is -2.41. The summed E-state index contributed by atoms with van der Waals surface area (Å²) in [4.78, 5) is 29.1. The van der Waals surface area contributed by atoms with Crippen molar-refractivity contribution in [3.63, 3.8) is 0 Å². The van der Waals surface area contributed by atoms with E-state index in [2.05, 4.69) is 25.8 Å². The van der Waals surface area contributed by atoms with Crippen molar-refractivity contribution in [2.75, 3.05) is 13.7 Å². The standard InChI is InChI=1S/C18H22N2O4S/c1-18(2,3)17-19-14(11-25-17)16(23)20(4)9-12-5-7-13(8-6-12)24-10-15(21)22/h5-8,11H,9-10H2,1-4H3,(H,21,22). The number of amides is 1. The summed E-state index contributed by atoms with van der Waals surface area (Å²) in [6.45, 7) is 6.26. The lowest BCUT2D eigenvalue weighted by molar-refractivity contribution is -0.139. The van der Waals surface area contributed by atoms with Crippen LogP contribution in [0.2, 0.25) is 0 Å². The summed E-state index contributed by atoms with van der Waals surface area (Å²) in [6, 6.07) is 7.00. The first-order chi connectivity index (χ1) is 11.7. The van der Waals surface area contributed by atoms with Crippen molar-refractivity contribution in [1.82, 2.24) is 9.88 Å². The number of carbonyl (C=O) groups is 2. The molecule has 1 N–H and O–H groups in total. The Bertz CT molecular complexity index is 747. The van der Waals surface area contributed by atoms with Gasteiger partial charge in [0.05, 0.1) is 5.01 Å². The molecule has 0 spiro atoms. The lowest BCUT2D eigenvalue weighted by Crippen LogP contribution is -2.26. The molecule has 0 radical (unpaired) electrons. The molecule has 134 valence electrons. The molecule has 0 aliphatic rings. The van der Waals surface area contributed by atoms with E-state index in [4.69, 9.17) is 9.84 Å². The van der Waals surface area contributed by atoms with Gasteiger partial charge in [0.25, 0.3) is 5.91 Å². The van der Waals surface area contributed by atoms with Gasteiger partial charge < -0.3 is 14.7 Å². The average Bonchev–Trinajstić information content (AvgIpc) is 3.03. The second kappa shape index (κ2) is 7.65. The van der Waals surface area contributed by atoms with E-state index >= 15 is 0 Å². The number of nitrogens with zero attached hydrogens (tertiary/aromatic N) is 2. The van der Waals surface area contributed by atoms with E-state index in [-0.39, 0.29) is 17.9 Å². The highest BCUT2D eigenvalue weighted by atomic mass is 32.1. The lowest BCUT2D eigenvalue weighted by Gasteiger charge is -2.17. The first kappa shape index (κ1) is 18.9. The molecule has 7 heteroatoms. The molecule has 1 aromatic carbocycles. The predicted octanol–water partition coefficient (Wildman–Crippen LogP) is 3.18. The number of aromatic nitrogens is 1. The molecule has 2 aromatic rings. The zero-order chi connectivity index (χ0) is 18.6.